The van der Waals surface area contributed by atoms with Crippen molar-refractivity contribution < 1.29 is 0 Å². The molecule has 0 radical (unpaired) electrons. The molecule has 30 heavy (non-hydrogen) atoms. The van der Waals surface area contributed by atoms with Gasteiger partial charge in [-0.15, -0.1) is 0 Å². The molecule has 1 aliphatic rings. The van der Waals surface area contributed by atoms with Gasteiger partial charge in [-0.2, -0.15) is 0 Å². The normalized spacial score (nSPS) is 15.7. The highest BCUT2D eigenvalue weighted by Crippen LogP contribution is 2.22. The molecule has 7 heteroatoms. The van der Waals surface area contributed by atoms with Crippen LogP contribution in [0.3, 0.4) is 0 Å². The van der Waals surface area contributed by atoms with Crippen molar-refractivity contribution in [3.05, 3.63) is 53.8 Å². The van der Waals surface area contributed by atoms with E-state index >= 15 is 0 Å². The summed E-state index contributed by atoms with van der Waals surface area (Å²) in [5.74, 6) is 1.86. The topological polar surface area (TPSA) is 61.6 Å². The van der Waals surface area contributed by atoms with Gasteiger partial charge in [-0.1, -0.05) is 19.9 Å². The second-order valence-corrected chi connectivity index (χ2v) is 7.80. The number of nitrogens with zero attached hydrogens (tertiary/aromatic N) is 6. The number of aryl methyl sites for hydroxylation is 2. The lowest BCUT2D eigenvalue weighted by atomic mass is 10.1. The largest absolute Gasteiger partial charge is 0.354 e. The van der Waals surface area contributed by atoms with Crippen molar-refractivity contribution >= 4 is 23.0 Å². The van der Waals surface area contributed by atoms with Gasteiger partial charge in [0.15, 0.2) is 5.65 Å². The highest BCUT2D eigenvalue weighted by Gasteiger charge is 2.17. The van der Waals surface area contributed by atoms with Crippen molar-refractivity contribution in [3.63, 3.8) is 0 Å². The van der Waals surface area contributed by atoms with Crippen molar-refractivity contribution in [1.29, 1.82) is 0 Å². The Morgan fingerprint density at radius 3 is 2.53 bits per heavy atom. The zero-order chi connectivity index (χ0) is 21.1. The van der Waals surface area contributed by atoms with Gasteiger partial charge < -0.3 is 19.5 Å². The summed E-state index contributed by atoms with van der Waals surface area (Å²) >= 11 is 0. The number of hydrogen-bond donors (Lipinski definition) is 1. The number of anilines is 2. The smallest absolute Gasteiger partial charge is 0.160 e. The third-order valence-electron chi connectivity index (χ3n) is 5.60. The van der Waals surface area contributed by atoms with Gasteiger partial charge in [0.25, 0.3) is 0 Å². The third-order valence-corrected chi connectivity index (χ3v) is 5.60. The van der Waals surface area contributed by atoms with Crippen LogP contribution in [0.1, 0.15) is 37.2 Å². The predicted molar refractivity (Wildman–Crippen MR) is 123 cm³/mol. The van der Waals surface area contributed by atoms with Gasteiger partial charge in [-0.3, -0.25) is 4.98 Å². The lowest BCUT2D eigenvalue weighted by Gasteiger charge is -2.34. The van der Waals surface area contributed by atoms with Gasteiger partial charge in [0.05, 0.1) is 17.6 Å². The lowest BCUT2D eigenvalue weighted by Crippen LogP contribution is -2.46. The van der Waals surface area contributed by atoms with Crippen molar-refractivity contribution in [3.8, 4) is 0 Å². The predicted octanol–water partition coefficient (Wildman–Crippen LogP) is 3.75. The molecule has 0 aromatic carbocycles. The van der Waals surface area contributed by atoms with Crippen molar-refractivity contribution in [2.24, 2.45) is 0 Å². The van der Waals surface area contributed by atoms with E-state index in [0.717, 1.165) is 79.1 Å². The number of imidazole rings is 1. The fraction of sp³-hybridized carbons (Fsp3) is 0.435. The van der Waals surface area contributed by atoms with E-state index in [1.807, 2.05) is 36.8 Å². The Bertz CT molecular complexity index is 1030. The molecule has 0 aliphatic carbocycles. The molecule has 0 atom stereocenters. The van der Waals surface area contributed by atoms with E-state index < -0.39 is 0 Å². The molecule has 0 saturated carbocycles. The van der Waals surface area contributed by atoms with E-state index in [1.165, 1.54) is 0 Å². The summed E-state index contributed by atoms with van der Waals surface area (Å²) in [4.78, 5) is 18.8. The molecule has 0 spiro atoms. The monoisotopic (exact) mass is 405 g/mol. The van der Waals surface area contributed by atoms with Gasteiger partial charge in [0.1, 0.15) is 11.6 Å². The van der Waals surface area contributed by atoms with E-state index in [0.29, 0.717) is 0 Å². The minimum atomic E-state index is 0.810. The SMILES string of the molecule is CC/C=C(/Nc1cn2cc(C)nc(C)c2n1)c1ccc(N2CCN(CC)CC2)nc1. The number of likely N-dealkylation sites (N-methyl/N-ethyl adjacent to an activating group) is 1. The number of allylic oxidation sites excluding steroid dienone is 1. The maximum Gasteiger partial charge on any atom is 0.160 e. The van der Waals surface area contributed by atoms with Gasteiger partial charge in [0.2, 0.25) is 0 Å². The summed E-state index contributed by atoms with van der Waals surface area (Å²) in [5.41, 5.74) is 4.87. The Morgan fingerprint density at radius 2 is 1.87 bits per heavy atom. The van der Waals surface area contributed by atoms with Crippen molar-refractivity contribution in [2.45, 2.75) is 34.1 Å². The molecular weight excluding hydrogens is 374 g/mol. The first kappa shape index (κ1) is 20.3. The number of pyridine rings is 1. The van der Waals surface area contributed by atoms with Crippen LogP contribution in [0.5, 0.6) is 0 Å². The minimum absolute atomic E-state index is 0.810. The van der Waals surface area contributed by atoms with Crippen LogP contribution in [0.25, 0.3) is 11.3 Å². The fourth-order valence-electron chi connectivity index (χ4n) is 3.97. The van der Waals surface area contributed by atoms with Crippen LogP contribution in [0.4, 0.5) is 11.6 Å². The summed E-state index contributed by atoms with van der Waals surface area (Å²) < 4.78 is 2.03. The average Bonchev–Trinajstić information content (AvgIpc) is 3.16. The molecule has 3 aromatic rings. The Hall–Kier alpha value is -2.93. The van der Waals surface area contributed by atoms with Gasteiger partial charge >= 0.3 is 0 Å². The van der Waals surface area contributed by atoms with Crippen LogP contribution in [0.15, 0.2) is 36.8 Å². The number of aromatic nitrogens is 4. The number of fused-ring (bicyclic) bond motifs is 1. The van der Waals surface area contributed by atoms with Crippen LogP contribution in [-0.4, -0.2) is 57.0 Å². The molecule has 1 fully saturated rings. The summed E-state index contributed by atoms with van der Waals surface area (Å²) in [6.45, 7) is 13.7. The fourth-order valence-corrected chi connectivity index (χ4v) is 3.97. The van der Waals surface area contributed by atoms with Crippen molar-refractivity contribution in [1.82, 2.24) is 24.3 Å². The quantitative estimate of drug-likeness (QED) is 0.674. The Balaban J connectivity index is 1.52. The molecule has 0 amide bonds. The highest BCUT2D eigenvalue weighted by atomic mass is 15.3. The van der Waals surface area contributed by atoms with Crippen LogP contribution in [-0.2, 0) is 0 Å². The van der Waals surface area contributed by atoms with Gasteiger partial charge in [-0.25, -0.2) is 9.97 Å². The first-order chi connectivity index (χ1) is 14.6. The van der Waals surface area contributed by atoms with Gasteiger partial charge in [0, 0.05) is 49.8 Å². The number of hydrogen-bond acceptors (Lipinski definition) is 6. The maximum atomic E-state index is 4.76. The Kier molecular flexibility index (Phi) is 5.99. The molecule has 1 N–H and O–H groups in total. The zero-order valence-corrected chi connectivity index (χ0v) is 18.4. The average molecular weight is 406 g/mol. The molecule has 0 unspecified atom stereocenters. The first-order valence-corrected chi connectivity index (χ1v) is 10.8. The minimum Gasteiger partial charge on any atom is -0.354 e. The maximum absolute atomic E-state index is 4.76. The van der Waals surface area contributed by atoms with Gasteiger partial charge in [-0.05, 0) is 38.9 Å². The summed E-state index contributed by atoms with van der Waals surface area (Å²) in [5, 5.41) is 3.49. The van der Waals surface area contributed by atoms with Crippen molar-refractivity contribution in [2.75, 3.05) is 42.9 Å². The third kappa shape index (κ3) is 4.31. The molecule has 1 saturated heterocycles. The molecule has 1 aliphatic heterocycles. The zero-order valence-electron chi connectivity index (χ0n) is 18.4. The van der Waals surface area contributed by atoms with E-state index in [9.17, 15) is 0 Å². The highest BCUT2D eigenvalue weighted by molar-refractivity contribution is 5.76. The second kappa shape index (κ2) is 8.83. The Labute approximate surface area is 178 Å². The Morgan fingerprint density at radius 1 is 1.07 bits per heavy atom. The lowest BCUT2D eigenvalue weighted by molar-refractivity contribution is 0.270. The van der Waals surface area contributed by atoms with Crippen LogP contribution < -0.4 is 10.2 Å². The van der Waals surface area contributed by atoms with Crippen LogP contribution in [0, 0.1) is 13.8 Å². The molecule has 3 aromatic heterocycles. The molecule has 0 bridgehead atoms. The molecular formula is C23H31N7. The molecule has 4 rings (SSSR count). The summed E-state index contributed by atoms with van der Waals surface area (Å²) in [6, 6.07) is 4.28. The van der Waals surface area contributed by atoms with E-state index in [1.54, 1.807) is 0 Å². The second-order valence-electron chi connectivity index (χ2n) is 7.80. The molecule has 4 heterocycles. The van der Waals surface area contributed by atoms with Crippen LogP contribution in [0.2, 0.25) is 0 Å². The van der Waals surface area contributed by atoms with E-state index in [-0.39, 0.29) is 0 Å². The van der Waals surface area contributed by atoms with E-state index in [2.05, 4.69) is 52.2 Å². The summed E-state index contributed by atoms with van der Waals surface area (Å²) in [6.07, 6.45) is 9.07. The molecule has 7 nitrogen and oxygen atoms in total. The number of piperazine rings is 1. The number of rotatable bonds is 6. The standard InChI is InChI=1S/C23H31N7/c1-5-7-20(26-21-16-30-15-17(3)25-18(4)23(30)27-21)19-8-9-22(24-14-19)29-12-10-28(6-2)11-13-29/h7-9,14-16,26H,5-6,10-13H2,1-4H3/b20-7+. The van der Waals surface area contributed by atoms with Crippen LogP contribution >= 0.6 is 0 Å². The summed E-state index contributed by atoms with van der Waals surface area (Å²) in [7, 11) is 0. The number of nitrogens with one attached hydrogen (secondary N) is 1. The molecule has 158 valence electrons. The van der Waals surface area contributed by atoms with E-state index in [4.69, 9.17) is 9.97 Å². The first-order valence-electron chi connectivity index (χ1n) is 10.8.